The first-order valence-electron chi connectivity index (χ1n) is 3.21. The number of hydrogen-bond donors (Lipinski definition) is 2. The SMILES string of the molecule is C=N/C(C)=C(\N)C(Cl)=NC(C)=N. The molecule has 0 bridgehead atoms. The molecule has 0 rings (SSSR count). The Labute approximate surface area is 76.4 Å². The van der Waals surface area contributed by atoms with E-state index in [9.17, 15) is 0 Å². The van der Waals surface area contributed by atoms with Crippen LogP contribution in [0.25, 0.3) is 0 Å². The molecule has 0 fully saturated rings. The van der Waals surface area contributed by atoms with Gasteiger partial charge in [0.2, 0.25) is 0 Å². The van der Waals surface area contributed by atoms with E-state index in [1.54, 1.807) is 6.92 Å². The lowest BCUT2D eigenvalue weighted by Gasteiger charge is -1.99. The minimum Gasteiger partial charge on any atom is -0.395 e. The third kappa shape index (κ3) is 3.30. The van der Waals surface area contributed by atoms with Crippen LogP contribution < -0.4 is 5.73 Å². The Morgan fingerprint density at radius 1 is 1.50 bits per heavy atom. The van der Waals surface area contributed by atoms with Crippen molar-refractivity contribution < 1.29 is 0 Å². The van der Waals surface area contributed by atoms with Crippen LogP contribution in [0.5, 0.6) is 0 Å². The van der Waals surface area contributed by atoms with Crippen molar-refractivity contribution in [2.75, 3.05) is 0 Å². The molecule has 0 saturated carbocycles. The van der Waals surface area contributed by atoms with Crippen LogP contribution in [0.15, 0.2) is 21.4 Å². The van der Waals surface area contributed by atoms with Crippen molar-refractivity contribution in [3.8, 4) is 0 Å². The zero-order valence-corrected chi connectivity index (χ0v) is 7.81. The van der Waals surface area contributed by atoms with Crippen molar-refractivity contribution >= 4 is 29.3 Å². The average Bonchev–Trinajstić information content (AvgIpc) is 2.00. The first-order valence-corrected chi connectivity index (χ1v) is 3.59. The molecule has 4 nitrogen and oxygen atoms in total. The summed E-state index contributed by atoms with van der Waals surface area (Å²) in [5.74, 6) is 0.0970. The molecule has 0 aromatic rings. The summed E-state index contributed by atoms with van der Waals surface area (Å²) in [6.45, 7) is 6.46. The van der Waals surface area contributed by atoms with Gasteiger partial charge in [0, 0.05) is 0 Å². The predicted molar refractivity (Wildman–Crippen MR) is 53.1 cm³/mol. The second-order valence-corrected chi connectivity index (χ2v) is 2.50. The number of nitrogens with two attached hydrogens (primary N) is 1. The first-order chi connectivity index (χ1) is 5.49. The summed E-state index contributed by atoms with van der Waals surface area (Å²) in [6.07, 6.45) is 0. The Kier molecular flexibility index (Phi) is 4.21. The van der Waals surface area contributed by atoms with Crippen molar-refractivity contribution in [3.63, 3.8) is 0 Å². The molecule has 0 aliphatic rings. The van der Waals surface area contributed by atoms with E-state index in [0.717, 1.165) is 0 Å². The summed E-state index contributed by atoms with van der Waals surface area (Å²) >= 11 is 5.64. The number of rotatable bonds is 2. The minimum absolute atomic E-state index is 0.0763. The Morgan fingerprint density at radius 3 is 2.33 bits per heavy atom. The van der Waals surface area contributed by atoms with E-state index in [2.05, 4.69) is 16.7 Å². The molecule has 0 spiro atoms. The highest BCUT2D eigenvalue weighted by atomic mass is 35.5. The number of nitrogens with one attached hydrogen (secondary N) is 1. The van der Waals surface area contributed by atoms with Gasteiger partial charge in [0.15, 0.2) is 5.17 Å². The third-order valence-electron chi connectivity index (χ3n) is 1.12. The summed E-state index contributed by atoms with van der Waals surface area (Å²) in [7, 11) is 0. The smallest absolute Gasteiger partial charge is 0.155 e. The van der Waals surface area contributed by atoms with Gasteiger partial charge in [-0.05, 0) is 20.6 Å². The largest absolute Gasteiger partial charge is 0.395 e. The lowest BCUT2D eigenvalue weighted by atomic mass is 10.4. The summed E-state index contributed by atoms with van der Waals surface area (Å²) in [5, 5.41) is 7.10. The fraction of sp³-hybridized carbons (Fsp3) is 0.286. The van der Waals surface area contributed by atoms with Crippen molar-refractivity contribution in [1.82, 2.24) is 0 Å². The standard InChI is InChI=1S/C7H11ClN4/c1-4(11-3)6(10)7(8)12-5(2)9/h9H,3,10H2,1-2H3/b6-4-,9-5?,12-7?. The molecular formula is C7H11ClN4. The molecule has 0 atom stereocenters. The van der Waals surface area contributed by atoms with Gasteiger partial charge in [-0.25, -0.2) is 4.99 Å². The van der Waals surface area contributed by atoms with E-state index >= 15 is 0 Å². The molecule has 5 heteroatoms. The molecule has 0 aromatic carbocycles. The summed E-state index contributed by atoms with van der Waals surface area (Å²) < 4.78 is 0. The number of amidine groups is 1. The molecular weight excluding hydrogens is 176 g/mol. The van der Waals surface area contributed by atoms with Crippen LogP contribution in [0.1, 0.15) is 13.8 Å². The summed E-state index contributed by atoms with van der Waals surface area (Å²) in [6, 6.07) is 0. The van der Waals surface area contributed by atoms with E-state index in [1.165, 1.54) is 6.92 Å². The summed E-state index contributed by atoms with van der Waals surface area (Å²) in [5.41, 5.74) is 6.26. The Bertz CT molecular complexity index is 265. The third-order valence-corrected chi connectivity index (χ3v) is 1.40. The van der Waals surface area contributed by atoms with Crippen LogP contribution >= 0.6 is 11.6 Å². The van der Waals surface area contributed by atoms with Gasteiger partial charge in [-0.1, -0.05) is 11.6 Å². The molecule has 66 valence electrons. The maximum Gasteiger partial charge on any atom is 0.155 e. The topological polar surface area (TPSA) is 74.6 Å². The van der Waals surface area contributed by atoms with Crippen LogP contribution in [0, 0.1) is 5.41 Å². The van der Waals surface area contributed by atoms with Crippen LogP contribution in [0.2, 0.25) is 0 Å². The molecule has 0 aliphatic heterocycles. The fourth-order valence-electron chi connectivity index (χ4n) is 0.442. The number of allylic oxidation sites excluding steroid dienone is 2. The monoisotopic (exact) mass is 186 g/mol. The van der Waals surface area contributed by atoms with E-state index < -0.39 is 0 Å². The van der Waals surface area contributed by atoms with Gasteiger partial charge in [-0.15, -0.1) is 0 Å². The number of halogens is 1. The average molecular weight is 187 g/mol. The van der Waals surface area contributed by atoms with E-state index in [4.69, 9.17) is 22.7 Å². The molecule has 0 amide bonds. The number of aliphatic imine (C=N–C) groups is 2. The van der Waals surface area contributed by atoms with Gasteiger partial charge >= 0.3 is 0 Å². The minimum atomic E-state index is 0.0763. The lowest BCUT2D eigenvalue weighted by molar-refractivity contribution is 1.24. The zero-order valence-electron chi connectivity index (χ0n) is 7.06. The molecule has 0 heterocycles. The number of hydrogen-bond acceptors (Lipinski definition) is 3. The van der Waals surface area contributed by atoms with Gasteiger partial charge in [0.25, 0.3) is 0 Å². The molecule has 12 heavy (non-hydrogen) atoms. The van der Waals surface area contributed by atoms with Gasteiger partial charge in [-0.3, -0.25) is 10.4 Å². The molecule has 3 N–H and O–H groups in total. The molecule has 0 aliphatic carbocycles. The van der Waals surface area contributed by atoms with Crippen molar-refractivity contribution in [2.24, 2.45) is 15.7 Å². The van der Waals surface area contributed by atoms with Crippen LogP contribution in [0.3, 0.4) is 0 Å². The highest BCUT2D eigenvalue weighted by molar-refractivity contribution is 6.70. The van der Waals surface area contributed by atoms with E-state index in [0.29, 0.717) is 5.70 Å². The van der Waals surface area contributed by atoms with E-state index in [1.807, 2.05) is 0 Å². The quantitative estimate of drug-likeness (QED) is 0.498. The maximum atomic E-state index is 7.02. The Hall–Kier alpha value is -1.16. The highest BCUT2D eigenvalue weighted by Gasteiger charge is 2.02. The zero-order chi connectivity index (χ0) is 9.72. The van der Waals surface area contributed by atoms with E-state index in [-0.39, 0.29) is 16.7 Å². The van der Waals surface area contributed by atoms with Gasteiger partial charge in [0.05, 0.1) is 11.4 Å². The molecule has 0 saturated heterocycles. The van der Waals surface area contributed by atoms with Gasteiger partial charge in [-0.2, -0.15) is 0 Å². The van der Waals surface area contributed by atoms with Crippen LogP contribution in [-0.2, 0) is 0 Å². The molecule has 0 radical (unpaired) electrons. The Balaban J connectivity index is 4.82. The second-order valence-electron chi connectivity index (χ2n) is 2.15. The normalized spacial score (nSPS) is 13.8. The first kappa shape index (κ1) is 10.8. The number of nitrogens with zero attached hydrogens (tertiary/aromatic N) is 2. The van der Waals surface area contributed by atoms with Crippen LogP contribution in [0.4, 0.5) is 0 Å². The van der Waals surface area contributed by atoms with Gasteiger partial charge in [0.1, 0.15) is 5.84 Å². The molecule has 0 aromatic heterocycles. The fourth-order valence-corrected chi connectivity index (χ4v) is 0.705. The van der Waals surface area contributed by atoms with Crippen molar-refractivity contribution in [2.45, 2.75) is 13.8 Å². The Morgan fingerprint density at radius 2 is 2.00 bits per heavy atom. The van der Waals surface area contributed by atoms with Gasteiger partial charge < -0.3 is 5.73 Å². The predicted octanol–water partition coefficient (Wildman–Crippen LogP) is 1.51. The lowest BCUT2D eigenvalue weighted by Crippen LogP contribution is -2.09. The van der Waals surface area contributed by atoms with Crippen LogP contribution in [-0.4, -0.2) is 17.7 Å². The highest BCUT2D eigenvalue weighted by Crippen LogP contribution is 2.04. The van der Waals surface area contributed by atoms with Crippen molar-refractivity contribution in [3.05, 3.63) is 11.4 Å². The maximum absolute atomic E-state index is 7.02. The van der Waals surface area contributed by atoms with Crippen molar-refractivity contribution in [1.29, 1.82) is 5.41 Å². The summed E-state index contributed by atoms with van der Waals surface area (Å²) in [4.78, 5) is 7.23. The molecule has 0 unspecified atom stereocenters. The second kappa shape index (κ2) is 4.66.